The first-order chi connectivity index (χ1) is 13.8. The summed E-state index contributed by atoms with van der Waals surface area (Å²) in [5.41, 5.74) is 2.81. The summed E-state index contributed by atoms with van der Waals surface area (Å²) >= 11 is 0. The molecule has 30 heavy (non-hydrogen) atoms. The first-order valence-electron chi connectivity index (χ1n) is 10.7. The molecule has 0 aromatic heterocycles. The number of hydrogen-bond donors (Lipinski definition) is 2. The largest absolute Gasteiger partial charge is 1.00 e. The van der Waals surface area contributed by atoms with Crippen molar-refractivity contribution in [3.05, 3.63) is 59.7 Å². The molecule has 0 atom stereocenters. The van der Waals surface area contributed by atoms with Crippen molar-refractivity contribution in [2.45, 2.75) is 38.5 Å². The highest BCUT2D eigenvalue weighted by atomic mass is 35.5. The van der Waals surface area contributed by atoms with Crippen molar-refractivity contribution in [2.75, 3.05) is 40.4 Å². The lowest BCUT2D eigenvalue weighted by Crippen LogP contribution is -3.00. The average molecular weight is 457 g/mol. The van der Waals surface area contributed by atoms with Gasteiger partial charge in [0.2, 0.25) is 0 Å². The van der Waals surface area contributed by atoms with Crippen LogP contribution in [0.5, 0.6) is 11.5 Å². The van der Waals surface area contributed by atoms with Crippen molar-refractivity contribution in [1.29, 1.82) is 0 Å². The standard InChI is InChI=1S/C24H36N2O2.2ClH/c1-27-23-13-9-21(10-14-23)7-3-4-17-25-19-6-20-26-18-5-8-22-11-15-24(28-2)16-12-22;;/h9-16,25-26H,3-8,17-20H2,1-2H3;2*1H. The van der Waals surface area contributed by atoms with Crippen LogP contribution in [0.3, 0.4) is 0 Å². The first kappa shape index (κ1) is 28.5. The Bertz CT molecular complexity index is 579. The lowest BCUT2D eigenvalue weighted by atomic mass is 10.1. The van der Waals surface area contributed by atoms with Crippen LogP contribution in [0.15, 0.2) is 48.5 Å². The van der Waals surface area contributed by atoms with E-state index in [1.165, 1.54) is 69.4 Å². The van der Waals surface area contributed by atoms with Gasteiger partial charge in [0.15, 0.2) is 0 Å². The van der Waals surface area contributed by atoms with Gasteiger partial charge in [-0.3, -0.25) is 0 Å². The predicted molar refractivity (Wildman–Crippen MR) is 115 cm³/mol. The highest BCUT2D eigenvalue weighted by Gasteiger charge is 1.99. The predicted octanol–water partition coefficient (Wildman–Crippen LogP) is -3.82. The minimum absolute atomic E-state index is 0. The molecular weight excluding hydrogens is 419 g/mol. The zero-order chi connectivity index (χ0) is 19.9. The van der Waals surface area contributed by atoms with Gasteiger partial charge in [0.05, 0.1) is 40.4 Å². The molecule has 0 aliphatic rings. The van der Waals surface area contributed by atoms with Crippen LogP contribution in [0.1, 0.15) is 36.8 Å². The normalized spacial score (nSPS) is 10.1. The molecule has 0 radical (unpaired) electrons. The molecule has 2 aromatic carbocycles. The van der Waals surface area contributed by atoms with Crippen molar-refractivity contribution in [2.24, 2.45) is 0 Å². The Kier molecular flexibility index (Phi) is 17.4. The van der Waals surface area contributed by atoms with Crippen LogP contribution >= 0.6 is 0 Å². The van der Waals surface area contributed by atoms with Gasteiger partial charge in [-0.2, -0.15) is 0 Å². The fourth-order valence-corrected chi connectivity index (χ4v) is 3.35. The quantitative estimate of drug-likeness (QED) is 0.270. The molecule has 0 saturated carbocycles. The highest BCUT2D eigenvalue weighted by Crippen LogP contribution is 2.13. The summed E-state index contributed by atoms with van der Waals surface area (Å²) in [6.07, 6.45) is 7.40. The molecule has 0 bridgehead atoms. The van der Waals surface area contributed by atoms with E-state index in [0.29, 0.717) is 0 Å². The van der Waals surface area contributed by atoms with Gasteiger partial charge in [0.1, 0.15) is 11.5 Å². The summed E-state index contributed by atoms with van der Waals surface area (Å²) < 4.78 is 10.4. The Labute approximate surface area is 195 Å². The van der Waals surface area contributed by atoms with E-state index >= 15 is 0 Å². The van der Waals surface area contributed by atoms with E-state index in [0.717, 1.165) is 17.9 Å². The monoisotopic (exact) mass is 456 g/mol. The number of unbranched alkanes of at least 4 members (excludes halogenated alkanes) is 1. The summed E-state index contributed by atoms with van der Waals surface area (Å²) in [6, 6.07) is 16.9. The van der Waals surface area contributed by atoms with Crippen LogP contribution in [-0.4, -0.2) is 40.4 Å². The Morgan fingerprint density at radius 1 is 0.533 bits per heavy atom. The van der Waals surface area contributed by atoms with E-state index in [1.54, 1.807) is 14.2 Å². The summed E-state index contributed by atoms with van der Waals surface area (Å²) in [5, 5.41) is 4.93. The van der Waals surface area contributed by atoms with Crippen molar-refractivity contribution in [1.82, 2.24) is 0 Å². The van der Waals surface area contributed by atoms with Gasteiger partial charge < -0.3 is 44.9 Å². The first-order valence-corrected chi connectivity index (χ1v) is 10.7. The molecule has 0 saturated heterocycles. The van der Waals surface area contributed by atoms with Crippen molar-refractivity contribution >= 4 is 0 Å². The number of methoxy groups -OCH3 is 2. The van der Waals surface area contributed by atoms with Gasteiger partial charge in [0.25, 0.3) is 0 Å². The summed E-state index contributed by atoms with van der Waals surface area (Å²) in [5.74, 6) is 1.88. The molecule has 0 aliphatic carbocycles. The fourth-order valence-electron chi connectivity index (χ4n) is 3.35. The highest BCUT2D eigenvalue weighted by molar-refractivity contribution is 5.27. The molecule has 0 aliphatic heterocycles. The van der Waals surface area contributed by atoms with Crippen molar-refractivity contribution < 1.29 is 44.9 Å². The fraction of sp³-hybridized carbons (Fsp3) is 0.500. The molecule has 4 nitrogen and oxygen atoms in total. The SMILES string of the molecule is COc1ccc(CCCC[NH2+]CCC[NH2+]CCCc2ccc(OC)cc2)cc1.[Cl-].[Cl-]. The zero-order valence-corrected chi connectivity index (χ0v) is 19.9. The molecule has 2 rings (SSSR count). The van der Waals surface area contributed by atoms with Gasteiger partial charge in [0, 0.05) is 12.8 Å². The average Bonchev–Trinajstić information content (AvgIpc) is 2.75. The third-order valence-electron chi connectivity index (χ3n) is 5.13. The van der Waals surface area contributed by atoms with E-state index in [9.17, 15) is 0 Å². The maximum absolute atomic E-state index is 5.20. The molecule has 0 heterocycles. The van der Waals surface area contributed by atoms with Crippen molar-refractivity contribution in [3.8, 4) is 11.5 Å². The van der Waals surface area contributed by atoms with Crippen LogP contribution in [0.2, 0.25) is 0 Å². The summed E-state index contributed by atoms with van der Waals surface area (Å²) in [7, 11) is 3.43. The molecule has 0 unspecified atom stereocenters. The molecule has 4 N–H and O–H groups in total. The number of hydrogen-bond acceptors (Lipinski definition) is 2. The van der Waals surface area contributed by atoms with Crippen LogP contribution in [0.25, 0.3) is 0 Å². The number of ether oxygens (including phenoxy) is 2. The van der Waals surface area contributed by atoms with Crippen LogP contribution < -0.4 is 44.9 Å². The minimum atomic E-state index is 0. The Morgan fingerprint density at radius 3 is 1.40 bits per heavy atom. The third kappa shape index (κ3) is 12.3. The molecule has 0 fully saturated rings. The minimum Gasteiger partial charge on any atom is -1.00 e. The van der Waals surface area contributed by atoms with E-state index < -0.39 is 0 Å². The Balaban J connectivity index is 0.00000420. The lowest BCUT2D eigenvalue weighted by Gasteiger charge is -2.05. The van der Waals surface area contributed by atoms with Crippen LogP contribution in [-0.2, 0) is 12.8 Å². The van der Waals surface area contributed by atoms with Gasteiger partial charge in [-0.25, -0.2) is 0 Å². The topological polar surface area (TPSA) is 51.7 Å². The molecular formula is C24H38Cl2N2O2. The van der Waals surface area contributed by atoms with Crippen LogP contribution in [0.4, 0.5) is 0 Å². The second-order valence-electron chi connectivity index (χ2n) is 7.34. The molecule has 0 amide bonds. The number of aryl methyl sites for hydroxylation is 2. The smallest absolute Gasteiger partial charge is 0.118 e. The van der Waals surface area contributed by atoms with Gasteiger partial charge in [-0.1, -0.05) is 24.3 Å². The number of rotatable bonds is 15. The number of quaternary nitrogens is 2. The molecule has 6 heteroatoms. The van der Waals surface area contributed by atoms with Crippen LogP contribution in [0, 0.1) is 0 Å². The maximum Gasteiger partial charge on any atom is 0.118 e. The number of nitrogens with two attached hydrogens (primary N) is 2. The summed E-state index contributed by atoms with van der Waals surface area (Å²) in [6.45, 7) is 4.95. The second-order valence-corrected chi connectivity index (χ2v) is 7.34. The molecule has 2 aromatic rings. The van der Waals surface area contributed by atoms with Crippen molar-refractivity contribution in [3.63, 3.8) is 0 Å². The summed E-state index contributed by atoms with van der Waals surface area (Å²) in [4.78, 5) is 0. The second kappa shape index (κ2) is 18.3. The van der Waals surface area contributed by atoms with E-state index in [1.807, 2.05) is 12.1 Å². The van der Waals surface area contributed by atoms with Gasteiger partial charge in [-0.05, 0) is 61.1 Å². The van der Waals surface area contributed by atoms with E-state index in [2.05, 4.69) is 47.0 Å². The Hall–Kier alpha value is -1.46. The van der Waals surface area contributed by atoms with E-state index in [4.69, 9.17) is 9.47 Å². The van der Waals surface area contributed by atoms with Gasteiger partial charge >= 0.3 is 0 Å². The lowest BCUT2D eigenvalue weighted by molar-refractivity contribution is -0.680. The molecule has 0 spiro atoms. The maximum atomic E-state index is 5.20. The van der Waals surface area contributed by atoms with Gasteiger partial charge in [-0.15, -0.1) is 0 Å². The van der Waals surface area contributed by atoms with E-state index in [-0.39, 0.29) is 24.8 Å². The third-order valence-corrected chi connectivity index (χ3v) is 5.13. The zero-order valence-electron chi connectivity index (χ0n) is 18.4. The number of benzene rings is 2. The number of halogens is 2. The molecule has 170 valence electrons. The Morgan fingerprint density at radius 2 is 0.933 bits per heavy atom.